The third kappa shape index (κ3) is 1.72. The molecule has 13 heavy (non-hydrogen) atoms. The standard InChI is InChI=1S/C10H18FNO/c1-10(11)2-7-4-12-5-8(3-10)9(7)6-13/h7-9,12-13H,2-6H2,1H3. The van der Waals surface area contributed by atoms with Crippen LogP contribution in [0.2, 0.25) is 0 Å². The van der Waals surface area contributed by atoms with Gasteiger partial charge in [0.05, 0.1) is 0 Å². The minimum Gasteiger partial charge on any atom is -0.396 e. The number of nitrogens with one attached hydrogen (secondary N) is 1. The number of hydrogen-bond acceptors (Lipinski definition) is 2. The highest BCUT2D eigenvalue weighted by Crippen LogP contribution is 2.43. The third-order valence-electron chi connectivity index (χ3n) is 3.61. The molecule has 1 aliphatic carbocycles. The van der Waals surface area contributed by atoms with E-state index >= 15 is 0 Å². The van der Waals surface area contributed by atoms with Crippen molar-refractivity contribution in [2.45, 2.75) is 25.4 Å². The molecular formula is C10H18FNO. The summed E-state index contributed by atoms with van der Waals surface area (Å²) in [6, 6.07) is 0. The predicted molar refractivity (Wildman–Crippen MR) is 49.2 cm³/mol. The molecule has 2 fully saturated rings. The molecule has 1 heterocycles. The molecule has 0 aromatic heterocycles. The molecule has 2 unspecified atom stereocenters. The summed E-state index contributed by atoms with van der Waals surface area (Å²) in [5, 5.41) is 12.5. The maximum Gasteiger partial charge on any atom is 0.109 e. The number of aliphatic hydroxyl groups excluding tert-OH is 1. The number of aliphatic hydroxyl groups is 1. The smallest absolute Gasteiger partial charge is 0.109 e. The van der Waals surface area contributed by atoms with Crippen LogP contribution in [-0.4, -0.2) is 30.5 Å². The van der Waals surface area contributed by atoms with Crippen LogP contribution in [0.1, 0.15) is 19.8 Å². The van der Waals surface area contributed by atoms with E-state index in [1.807, 2.05) is 0 Å². The van der Waals surface area contributed by atoms with E-state index in [1.54, 1.807) is 6.92 Å². The number of hydrogen-bond donors (Lipinski definition) is 2. The highest BCUT2D eigenvalue weighted by Gasteiger charge is 2.45. The maximum atomic E-state index is 13.8. The van der Waals surface area contributed by atoms with Gasteiger partial charge in [-0.2, -0.15) is 0 Å². The molecule has 2 aliphatic rings. The summed E-state index contributed by atoms with van der Waals surface area (Å²) in [6.45, 7) is 3.68. The van der Waals surface area contributed by atoms with Gasteiger partial charge in [-0.1, -0.05) is 0 Å². The minimum atomic E-state index is -0.997. The number of rotatable bonds is 1. The van der Waals surface area contributed by atoms with Crippen LogP contribution in [0.4, 0.5) is 4.39 Å². The summed E-state index contributed by atoms with van der Waals surface area (Å²) in [5.74, 6) is 1.02. The minimum absolute atomic E-state index is 0.229. The van der Waals surface area contributed by atoms with Gasteiger partial charge in [0.15, 0.2) is 0 Å². The molecule has 0 radical (unpaired) electrons. The van der Waals surface area contributed by atoms with Gasteiger partial charge in [-0.05, 0) is 50.6 Å². The number of alkyl halides is 1. The average molecular weight is 187 g/mol. The van der Waals surface area contributed by atoms with Crippen molar-refractivity contribution in [1.29, 1.82) is 0 Å². The molecule has 76 valence electrons. The van der Waals surface area contributed by atoms with Crippen molar-refractivity contribution >= 4 is 0 Å². The molecule has 0 aromatic carbocycles. The van der Waals surface area contributed by atoms with Gasteiger partial charge in [0.25, 0.3) is 0 Å². The van der Waals surface area contributed by atoms with Gasteiger partial charge < -0.3 is 10.4 Å². The molecule has 0 spiro atoms. The van der Waals surface area contributed by atoms with Gasteiger partial charge in [-0.15, -0.1) is 0 Å². The molecule has 3 heteroatoms. The van der Waals surface area contributed by atoms with Crippen molar-refractivity contribution in [2.24, 2.45) is 17.8 Å². The van der Waals surface area contributed by atoms with E-state index in [0.717, 1.165) is 13.1 Å². The zero-order valence-electron chi connectivity index (χ0n) is 8.09. The normalized spacial score (nSPS) is 50.5. The lowest BCUT2D eigenvalue weighted by molar-refractivity contribution is -0.0277. The zero-order chi connectivity index (χ0) is 9.47. The third-order valence-corrected chi connectivity index (χ3v) is 3.61. The van der Waals surface area contributed by atoms with E-state index in [0.29, 0.717) is 30.6 Å². The molecule has 0 aromatic rings. The molecule has 2 bridgehead atoms. The van der Waals surface area contributed by atoms with Crippen molar-refractivity contribution in [3.8, 4) is 0 Å². The summed E-state index contributed by atoms with van der Waals surface area (Å²) in [5.41, 5.74) is -0.997. The first-order chi connectivity index (χ1) is 6.12. The Bertz CT molecular complexity index is 179. The summed E-state index contributed by atoms with van der Waals surface area (Å²) >= 11 is 0. The Labute approximate surface area is 78.5 Å². The first kappa shape index (κ1) is 9.41. The van der Waals surface area contributed by atoms with E-state index in [1.165, 1.54) is 0 Å². The largest absolute Gasteiger partial charge is 0.396 e. The summed E-state index contributed by atoms with van der Waals surface area (Å²) in [4.78, 5) is 0. The van der Waals surface area contributed by atoms with E-state index in [9.17, 15) is 9.50 Å². The van der Waals surface area contributed by atoms with Crippen LogP contribution in [0.15, 0.2) is 0 Å². The van der Waals surface area contributed by atoms with Gasteiger partial charge in [0.1, 0.15) is 5.67 Å². The Morgan fingerprint density at radius 1 is 1.38 bits per heavy atom. The van der Waals surface area contributed by atoms with Crippen LogP contribution in [0.5, 0.6) is 0 Å². The summed E-state index contributed by atoms with van der Waals surface area (Å²) in [6.07, 6.45) is 1.23. The van der Waals surface area contributed by atoms with Crippen molar-refractivity contribution in [3.05, 3.63) is 0 Å². The SMILES string of the molecule is CC1(F)CC2CNCC(C1)C2CO. The van der Waals surface area contributed by atoms with Crippen LogP contribution in [0, 0.1) is 17.8 Å². The molecule has 0 amide bonds. The molecular weight excluding hydrogens is 169 g/mol. The lowest BCUT2D eigenvalue weighted by atomic mass is 9.65. The second-order valence-electron chi connectivity index (χ2n) is 4.85. The Hall–Kier alpha value is -0.150. The second kappa shape index (κ2) is 3.21. The van der Waals surface area contributed by atoms with Crippen molar-refractivity contribution in [1.82, 2.24) is 5.32 Å². The van der Waals surface area contributed by atoms with E-state index in [2.05, 4.69) is 5.32 Å². The molecule has 2 atom stereocenters. The monoisotopic (exact) mass is 187 g/mol. The van der Waals surface area contributed by atoms with E-state index < -0.39 is 5.67 Å². The van der Waals surface area contributed by atoms with E-state index in [-0.39, 0.29) is 6.61 Å². The zero-order valence-corrected chi connectivity index (χ0v) is 8.09. The molecule has 1 aliphatic heterocycles. The lowest BCUT2D eigenvalue weighted by Crippen LogP contribution is -2.52. The van der Waals surface area contributed by atoms with Crippen LogP contribution < -0.4 is 5.32 Å². The van der Waals surface area contributed by atoms with Crippen LogP contribution in [0.3, 0.4) is 0 Å². The highest BCUT2D eigenvalue weighted by atomic mass is 19.1. The van der Waals surface area contributed by atoms with Gasteiger partial charge >= 0.3 is 0 Å². The number of halogens is 1. The van der Waals surface area contributed by atoms with Crippen LogP contribution in [-0.2, 0) is 0 Å². The van der Waals surface area contributed by atoms with Crippen LogP contribution >= 0.6 is 0 Å². The second-order valence-corrected chi connectivity index (χ2v) is 4.85. The number of piperidine rings is 1. The van der Waals surface area contributed by atoms with Crippen LogP contribution in [0.25, 0.3) is 0 Å². The van der Waals surface area contributed by atoms with Crippen molar-refractivity contribution in [3.63, 3.8) is 0 Å². The Balaban J connectivity index is 2.12. The van der Waals surface area contributed by atoms with Crippen molar-refractivity contribution in [2.75, 3.05) is 19.7 Å². The van der Waals surface area contributed by atoms with E-state index in [4.69, 9.17) is 0 Å². The van der Waals surface area contributed by atoms with Crippen molar-refractivity contribution < 1.29 is 9.50 Å². The molecule has 1 saturated carbocycles. The quantitative estimate of drug-likeness (QED) is 0.640. The highest BCUT2D eigenvalue weighted by molar-refractivity contribution is 4.96. The molecule has 2 rings (SSSR count). The summed E-state index contributed by atoms with van der Waals surface area (Å²) in [7, 11) is 0. The van der Waals surface area contributed by atoms with Gasteiger partial charge in [0, 0.05) is 6.61 Å². The Morgan fingerprint density at radius 3 is 2.38 bits per heavy atom. The Morgan fingerprint density at radius 2 is 1.92 bits per heavy atom. The first-order valence-corrected chi connectivity index (χ1v) is 5.13. The van der Waals surface area contributed by atoms with Gasteiger partial charge in [-0.3, -0.25) is 0 Å². The molecule has 2 nitrogen and oxygen atoms in total. The number of fused-ring (bicyclic) bond motifs is 2. The molecule has 2 N–H and O–H groups in total. The maximum absolute atomic E-state index is 13.8. The first-order valence-electron chi connectivity index (χ1n) is 5.13. The van der Waals surface area contributed by atoms with Gasteiger partial charge in [-0.25, -0.2) is 4.39 Å². The average Bonchev–Trinajstić information content (AvgIpc) is 2.01. The fraction of sp³-hybridized carbons (Fsp3) is 1.00. The fourth-order valence-electron chi connectivity index (χ4n) is 3.06. The molecule has 1 saturated heterocycles. The lowest BCUT2D eigenvalue weighted by Gasteiger charge is -2.47. The fourth-order valence-corrected chi connectivity index (χ4v) is 3.06. The Kier molecular flexibility index (Phi) is 2.32. The van der Waals surface area contributed by atoms with Gasteiger partial charge in [0.2, 0.25) is 0 Å². The summed E-state index contributed by atoms with van der Waals surface area (Å²) < 4.78 is 13.8. The topological polar surface area (TPSA) is 32.3 Å². The predicted octanol–water partition coefficient (Wildman–Crippen LogP) is 0.952.